The Morgan fingerprint density at radius 3 is 1.27 bits per heavy atom. The van der Waals surface area contributed by atoms with Gasteiger partial charge in [-0.15, -0.1) is 0 Å². The molecule has 11 aromatic carbocycles. The van der Waals surface area contributed by atoms with E-state index >= 15 is 0 Å². The molecule has 9 heteroatoms. The van der Waals surface area contributed by atoms with Gasteiger partial charge in [0.05, 0.1) is 79.0 Å². The van der Waals surface area contributed by atoms with E-state index in [0.717, 1.165) is 104 Å². The van der Waals surface area contributed by atoms with E-state index in [9.17, 15) is 10.5 Å². The van der Waals surface area contributed by atoms with Crippen LogP contribution in [0, 0.1) is 29.2 Å². The molecule has 378 valence electrons. The fourth-order valence-electron chi connectivity index (χ4n) is 12.8. The first-order chi connectivity index (χ1) is 40.6. The minimum absolute atomic E-state index is 0.223. The Balaban J connectivity index is 0.881. The van der Waals surface area contributed by atoms with Crippen molar-refractivity contribution in [3.05, 3.63) is 271 Å². The molecule has 9 nitrogen and oxygen atoms in total. The lowest BCUT2D eigenvalue weighted by Gasteiger charge is -2.16. The van der Waals surface area contributed by atoms with Crippen molar-refractivity contribution < 1.29 is 0 Å². The van der Waals surface area contributed by atoms with Gasteiger partial charge in [0.2, 0.25) is 5.69 Å². The smallest absolute Gasteiger partial charge is 0.211 e. The molecule has 0 N–H and O–H groups in total. The van der Waals surface area contributed by atoms with E-state index in [1.807, 2.05) is 91.0 Å². The minimum atomic E-state index is 0.223. The number of hydrogen-bond acceptors (Lipinski definition) is 4. The van der Waals surface area contributed by atoms with Crippen LogP contribution in [0.1, 0.15) is 11.1 Å². The number of fused-ring (bicyclic) bond motifs is 14. The van der Waals surface area contributed by atoms with E-state index in [-0.39, 0.29) is 5.56 Å². The SMILES string of the molecule is [C-]#[N+]c1cc(-c2nc(-c3ccccc3)nc(-c3ccc(-n4c5ccccc5c5c4ccc4c6ccccc6n(-c6ccccc6)c45)c(C#N)c3)c2C#N)ccc1-n1c2ccccc2c2c1ccc1c3ccccc3n(-c3ccccc3)c12. The molecule has 0 unspecified atom stereocenters. The van der Waals surface area contributed by atoms with E-state index < -0.39 is 0 Å². The summed E-state index contributed by atoms with van der Waals surface area (Å²) in [6.45, 7) is 8.78. The number of nitrogens with zero attached hydrogens (tertiary/aromatic N) is 9. The molecule has 16 aromatic rings. The normalized spacial score (nSPS) is 11.6. The molecule has 0 bridgehead atoms. The Bertz CT molecular complexity index is 5170. The molecular weight excluding hydrogens is 1000 g/mol. The Morgan fingerprint density at radius 2 is 0.780 bits per heavy atom. The van der Waals surface area contributed by atoms with Gasteiger partial charge in [-0.25, -0.2) is 14.8 Å². The first-order valence-electron chi connectivity index (χ1n) is 27.1. The number of rotatable bonds is 7. The van der Waals surface area contributed by atoms with Crippen molar-refractivity contribution in [2.45, 2.75) is 0 Å². The zero-order valence-corrected chi connectivity index (χ0v) is 43.7. The number of para-hydroxylation sites is 6. The summed E-state index contributed by atoms with van der Waals surface area (Å²) in [6.07, 6.45) is 0. The van der Waals surface area contributed by atoms with Crippen LogP contribution in [0.15, 0.2) is 249 Å². The molecule has 16 rings (SSSR count). The van der Waals surface area contributed by atoms with Crippen LogP contribution in [-0.2, 0) is 0 Å². The minimum Gasteiger partial charge on any atom is -0.319 e. The molecule has 0 aliphatic carbocycles. The largest absolute Gasteiger partial charge is 0.319 e. The van der Waals surface area contributed by atoms with Gasteiger partial charge in [-0.05, 0) is 90.5 Å². The highest BCUT2D eigenvalue weighted by Crippen LogP contribution is 2.46. The van der Waals surface area contributed by atoms with E-state index in [1.54, 1.807) is 0 Å². The average Bonchev–Trinajstić information content (AvgIpc) is 2.38. The van der Waals surface area contributed by atoms with E-state index in [2.05, 4.69) is 193 Å². The van der Waals surface area contributed by atoms with Crippen LogP contribution >= 0.6 is 0 Å². The van der Waals surface area contributed by atoms with Crippen molar-refractivity contribution in [3.63, 3.8) is 0 Å². The average molecular weight is 1040 g/mol. The predicted molar refractivity (Wildman–Crippen MR) is 331 cm³/mol. The van der Waals surface area contributed by atoms with Crippen molar-refractivity contribution in [2.24, 2.45) is 0 Å². The zero-order valence-electron chi connectivity index (χ0n) is 43.7. The van der Waals surface area contributed by atoms with Crippen LogP contribution in [-0.4, -0.2) is 28.2 Å². The van der Waals surface area contributed by atoms with Gasteiger partial charge in [0.1, 0.15) is 17.7 Å². The van der Waals surface area contributed by atoms with Gasteiger partial charge < -0.3 is 18.3 Å². The maximum Gasteiger partial charge on any atom is 0.211 e. The third kappa shape index (κ3) is 6.71. The molecule has 0 aliphatic rings. The highest BCUT2D eigenvalue weighted by Gasteiger charge is 2.26. The number of hydrogen-bond donors (Lipinski definition) is 0. The van der Waals surface area contributed by atoms with Crippen LogP contribution < -0.4 is 0 Å². The van der Waals surface area contributed by atoms with Crippen LogP contribution in [0.3, 0.4) is 0 Å². The summed E-state index contributed by atoms with van der Waals surface area (Å²) in [5, 5.41) is 31.4. The zero-order chi connectivity index (χ0) is 54.6. The lowest BCUT2D eigenvalue weighted by atomic mass is 9.98. The van der Waals surface area contributed by atoms with Crippen molar-refractivity contribution >= 4 is 92.9 Å². The maximum absolute atomic E-state index is 11.3. The van der Waals surface area contributed by atoms with Crippen LogP contribution in [0.4, 0.5) is 5.69 Å². The number of benzene rings is 11. The summed E-state index contributed by atoms with van der Waals surface area (Å²) in [7, 11) is 0. The quantitative estimate of drug-likeness (QED) is 0.149. The second kappa shape index (κ2) is 18.1. The standard InChI is InChI=1S/C73H41N9/c1-76-58-42-47(34-38-64(58)82-63-32-18-14-28-56(63)68-66(82)40-36-54-52-26-12-16-30-61(52)80(72(54)68)50-23-9-4-10-24-50)70-57(44-75)69(77-73(78-70)45-19-5-2-6-20-45)46-33-37-59(48(41-46)43-74)81-62-31-17-13-27-55(62)67-65(81)39-35-53-51-25-11-15-29-60(51)79(71(53)67)49-21-7-3-8-22-49/h2-42H. The molecule has 0 atom stereocenters. The van der Waals surface area contributed by atoms with E-state index in [4.69, 9.17) is 16.5 Å². The second-order valence-electron chi connectivity index (χ2n) is 20.5. The molecule has 0 spiro atoms. The fourth-order valence-corrected chi connectivity index (χ4v) is 12.8. The highest BCUT2D eigenvalue weighted by atomic mass is 15.0. The predicted octanol–water partition coefficient (Wildman–Crippen LogP) is 18.2. The first kappa shape index (κ1) is 46.3. The van der Waals surface area contributed by atoms with Gasteiger partial charge in [0, 0.05) is 65.6 Å². The highest BCUT2D eigenvalue weighted by molar-refractivity contribution is 6.27. The molecule has 0 fully saturated rings. The molecule has 0 saturated heterocycles. The molecule has 5 aromatic heterocycles. The van der Waals surface area contributed by atoms with Crippen molar-refractivity contribution in [1.82, 2.24) is 28.2 Å². The number of nitriles is 2. The summed E-state index contributed by atoms with van der Waals surface area (Å²) in [4.78, 5) is 14.5. The topological polar surface area (TPSA) is 97.4 Å². The van der Waals surface area contributed by atoms with Crippen LogP contribution in [0.2, 0.25) is 0 Å². The molecule has 5 heterocycles. The third-order valence-electron chi connectivity index (χ3n) is 16.3. The lowest BCUT2D eigenvalue weighted by molar-refractivity contribution is 1.15. The van der Waals surface area contributed by atoms with E-state index in [1.165, 1.54) is 0 Å². The van der Waals surface area contributed by atoms with E-state index in [0.29, 0.717) is 51.0 Å². The van der Waals surface area contributed by atoms with Crippen molar-refractivity contribution in [2.75, 3.05) is 0 Å². The van der Waals surface area contributed by atoms with Gasteiger partial charge in [0.15, 0.2) is 5.82 Å². The maximum atomic E-state index is 11.3. The fraction of sp³-hybridized carbons (Fsp3) is 0. The molecule has 0 amide bonds. The Labute approximate surface area is 469 Å². The second-order valence-corrected chi connectivity index (χ2v) is 20.5. The van der Waals surface area contributed by atoms with Gasteiger partial charge in [-0.3, -0.25) is 0 Å². The van der Waals surface area contributed by atoms with Crippen molar-refractivity contribution in [3.8, 4) is 68.8 Å². The van der Waals surface area contributed by atoms with Crippen LogP contribution in [0.5, 0.6) is 0 Å². The van der Waals surface area contributed by atoms with Gasteiger partial charge >= 0.3 is 0 Å². The summed E-state index contributed by atoms with van der Waals surface area (Å²) in [5.74, 6) is 0.404. The van der Waals surface area contributed by atoms with Crippen LogP contribution in [0.25, 0.3) is 149 Å². The molecule has 0 saturated carbocycles. The number of aromatic nitrogens is 6. The summed E-state index contributed by atoms with van der Waals surface area (Å²) < 4.78 is 9.07. The molecule has 0 radical (unpaired) electrons. The molecular formula is C73H41N9. The summed E-state index contributed by atoms with van der Waals surface area (Å²) in [6, 6.07) is 89.7. The third-order valence-corrected chi connectivity index (χ3v) is 16.3. The monoisotopic (exact) mass is 1040 g/mol. The molecule has 82 heavy (non-hydrogen) atoms. The van der Waals surface area contributed by atoms with Gasteiger partial charge in [0.25, 0.3) is 0 Å². The van der Waals surface area contributed by atoms with Crippen molar-refractivity contribution in [1.29, 1.82) is 10.5 Å². The first-order valence-corrected chi connectivity index (χ1v) is 27.1. The Kier molecular flexibility index (Phi) is 10.2. The van der Waals surface area contributed by atoms with Gasteiger partial charge in [-0.2, -0.15) is 10.5 Å². The summed E-state index contributed by atoms with van der Waals surface area (Å²) in [5.41, 5.74) is 15.4. The summed E-state index contributed by atoms with van der Waals surface area (Å²) >= 11 is 0. The Morgan fingerprint density at radius 1 is 0.354 bits per heavy atom. The Hall–Kier alpha value is -11.8. The molecule has 0 aliphatic heterocycles. The van der Waals surface area contributed by atoms with Gasteiger partial charge in [-0.1, -0.05) is 164 Å². The lowest BCUT2D eigenvalue weighted by Crippen LogP contribution is -2.03.